The molecule has 2 aliphatic rings. The first kappa shape index (κ1) is 15.8. The van der Waals surface area contributed by atoms with Crippen LogP contribution in [0, 0.1) is 0 Å². The normalized spacial score (nSPS) is 23.4. The predicted octanol–water partition coefficient (Wildman–Crippen LogP) is 1.24. The van der Waals surface area contributed by atoms with Gasteiger partial charge in [-0.25, -0.2) is 13.2 Å². The van der Waals surface area contributed by atoms with Crippen LogP contribution in [0.2, 0.25) is 0 Å². The molecule has 0 radical (unpaired) electrons. The highest BCUT2D eigenvalue weighted by molar-refractivity contribution is 7.91. The molecule has 122 valence electrons. The molecule has 2 amide bonds. The van der Waals surface area contributed by atoms with E-state index in [0.717, 1.165) is 5.56 Å². The molecule has 3 heterocycles. The molecule has 3 rings (SSSR count). The zero-order valence-corrected chi connectivity index (χ0v) is 13.9. The molecule has 22 heavy (non-hydrogen) atoms. The standard InChI is InChI=1S/C14H20N2O4S2/c17-13(15-9-12-1-6-21-10-12)16-4-5-20-14(11-16)2-7-22(18,19)8-3-14/h1,6,10H,2-5,7-9,11H2,(H,15,17). The minimum absolute atomic E-state index is 0.109. The van der Waals surface area contributed by atoms with Gasteiger partial charge in [-0.05, 0) is 35.2 Å². The van der Waals surface area contributed by atoms with Gasteiger partial charge in [0.15, 0.2) is 9.84 Å². The number of ether oxygens (including phenoxy) is 1. The van der Waals surface area contributed by atoms with Crippen molar-refractivity contribution in [2.45, 2.75) is 25.0 Å². The second kappa shape index (κ2) is 6.17. The van der Waals surface area contributed by atoms with Gasteiger partial charge in [-0.15, -0.1) is 0 Å². The number of nitrogens with one attached hydrogen (secondary N) is 1. The number of sulfone groups is 1. The van der Waals surface area contributed by atoms with Gasteiger partial charge in [0.2, 0.25) is 0 Å². The van der Waals surface area contributed by atoms with Crippen LogP contribution in [0.5, 0.6) is 0 Å². The summed E-state index contributed by atoms with van der Waals surface area (Å²) in [7, 11) is -2.93. The molecule has 8 heteroatoms. The number of thiophene rings is 1. The van der Waals surface area contributed by atoms with Crippen LogP contribution >= 0.6 is 11.3 Å². The van der Waals surface area contributed by atoms with Gasteiger partial charge in [0, 0.05) is 13.1 Å². The summed E-state index contributed by atoms with van der Waals surface area (Å²) >= 11 is 1.60. The number of urea groups is 1. The quantitative estimate of drug-likeness (QED) is 0.876. The number of morpholine rings is 1. The monoisotopic (exact) mass is 344 g/mol. The van der Waals surface area contributed by atoms with Crippen molar-refractivity contribution in [3.05, 3.63) is 22.4 Å². The van der Waals surface area contributed by atoms with Gasteiger partial charge in [-0.2, -0.15) is 11.3 Å². The minimum atomic E-state index is -2.93. The Labute approximate surface area is 134 Å². The Morgan fingerprint density at radius 3 is 2.86 bits per heavy atom. The highest BCUT2D eigenvalue weighted by atomic mass is 32.2. The van der Waals surface area contributed by atoms with Crippen LogP contribution in [-0.2, 0) is 21.1 Å². The third-order valence-electron chi connectivity index (χ3n) is 4.30. The maximum atomic E-state index is 12.3. The molecule has 1 spiro atoms. The van der Waals surface area contributed by atoms with E-state index in [1.54, 1.807) is 16.2 Å². The topological polar surface area (TPSA) is 75.7 Å². The van der Waals surface area contributed by atoms with Crippen LogP contribution in [0.25, 0.3) is 0 Å². The fraction of sp³-hybridized carbons (Fsp3) is 0.643. The maximum absolute atomic E-state index is 12.3. The summed E-state index contributed by atoms with van der Waals surface area (Å²) in [6.07, 6.45) is 0.952. The zero-order valence-electron chi connectivity index (χ0n) is 12.3. The van der Waals surface area contributed by atoms with Crippen molar-refractivity contribution in [3.8, 4) is 0 Å². The van der Waals surface area contributed by atoms with E-state index in [0.29, 0.717) is 39.1 Å². The lowest BCUT2D eigenvalue weighted by atomic mass is 9.94. The minimum Gasteiger partial charge on any atom is -0.371 e. The first-order valence-corrected chi connectivity index (χ1v) is 10.1. The van der Waals surface area contributed by atoms with E-state index >= 15 is 0 Å². The molecule has 0 saturated carbocycles. The van der Waals surface area contributed by atoms with Crippen LogP contribution in [0.15, 0.2) is 16.8 Å². The molecule has 0 bridgehead atoms. The summed E-state index contributed by atoms with van der Waals surface area (Å²) in [4.78, 5) is 14.0. The van der Waals surface area contributed by atoms with Crippen LogP contribution in [0.3, 0.4) is 0 Å². The Morgan fingerprint density at radius 2 is 2.18 bits per heavy atom. The molecule has 0 atom stereocenters. The zero-order chi connectivity index (χ0) is 15.6. The summed E-state index contributed by atoms with van der Waals surface area (Å²) < 4.78 is 29.0. The Morgan fingerprint density at radius 1 is 1.41 bits per heavy atom. The Bertz CT molecular complexity index is 613. The molecule has 6 nitrogen and oxygen atoms in total. The van der Waals surface area contributed by atoms with Gasteiger partial charge in [0.25, 0.3) is 0 Å². The number of hydrogen-bond acceptors (Lipinski definition) is 5. The lowest BCUT2D eigenvalue weighted by molar-refractivity contribution is -0.102. The van der Waals surface area contributed by atoms with Crippen molar-refractivity contribution in [2.75, 3.05) is 31.2 Å². The number of amides is 2. The summed E-state index contributed by atoms with van der Waals surface area (Å²) in [5, 5.41) is 6.90. The molecule has 2 saturated heterocycles. The lowest BCUT2D eigenvalue weighted by Crippen LogP contribution is -2.58. The molecule has 2 aliphatic heterocycles. The number of carbonyl (C=O) groups excluding carboxylic acids is 1. The average Bonchev–Trinajstić information content (AvgIpc) is 3.02. The highest BCUT2D eigenvalue weighted by Crippen LogP contribution is 2.31. The third kappa shape index (κ3) is 3.61. The van der Waals surface area contributed by atoms with Crippen molar-refractivity contribution in [1.82, 2.24) is 10.2 Å². The fourth-order valence-electron chi connectivity index (χ4n) is 2.91. The van der Waals surface area contributed by atoms with Crippen LogP contribution < -0.4 is 5.32 Å². The molecule has 1 N–H and O–H groups in total. The van der Waals surface area contributed by atoms with Crippen LogP contribution in [0.1, 0.15) is 18.4 Å². The first-order valence-electron chi connectivity index (χ1n) is 7.36. The molecular weight excluding hydrogens is 324 g/mol. The maximum Gasteiger partial charge on any atom is 0.317 e. The molecule has 0 unspecified atom stereocenters. The van der Waals surface area contributed by atoms with Crippen molar-refractivity contribution in [3.63, 3.8) is 0 Å². The van der Waals surface area contributed by atoms with Crippen LogP contribution in [-0.4, -0.2) is 56.2 Å². The van der Waals surface area contributed by atoms with E-state index in [-0.39, 0.29) is 17.5 Å². The SMILES string of the molecule is O=C(NCc1ccsc1)N1CCOC2(CCS(=O)(=O)CC2)C1. The number of hydrogen-bond donors (Lipinski definition) is 1. The van der Waals surface area contributed by atoms with E-state index in [1.165, 1.54) is 0 Å². The van der Waals surface area contributed by atoms with E-state index in [4.69, 9.17) is 4.74 Å². The van der Waals surface area contributed by atoms with Gasteiger partial charge in [-0.1, -0.05) is 0 Å². The molecule has 2 fully saturated rings. The van der Waals surface area contributed by atoms with Gasteiger partial charge in [0.1, 0.15) is 0 Å². The van der Waals surface area contributed by atoms with E-state index in [9.17, 15) is 13.2 Å². The van der Waals surface area contributed by atoms with E-state index < -0.39 is 15.4 Å². The highest BCUT2D eigenvalue weighted by Gasteiger charge is 2.42. The molecular formula is C14H20N2O4S2. The second-order valence-electron chi connectivity index (χ2n) is 5.90. The molecule has 0 aromatic carbocycles. The molecule has 0 aliphatic carbocycles. The predicted molar refractivity (Wildman–Crippen MR) is 84.7 cm³/mol. The molecule has 1 aromatic heterocycles. The van der Waals surface area contributed by atoms with E-state index in [1.807, 2.05) is 16.8 Å². The number of rotatable bonds is 2. The second-order valence-corrected chi connectivity index (χ2v) is 8.98. The van der Waals surface area contributed by atoms with Gasteiger partial charge in [-0.3, -0.25) is 0 Å². The van der Waals surface area contributed by atoms with Crippen molar-refractivity contribution < 1.29 is 17.9 Å². The van der Waals surface area contributed by atoms with Crippen molar-refractivity contribution >= 4 is 27.2 Å². The van der Waals surface area contributed by atoms with E-state index in [2.05, 4.69) is 5.32 Å². The Kier molecular flexibility index (Phi) is 4.42. The number of carbonyl (C=O) groups is 1. The third-order valence-corrected chi connectivity index (χ3v) is 6.68. The Hall–Kier alpha value is -1.12. The Balaban J connectivity index is 1.57. The van der Waals surface area contributed by atoms with Crippen LogP contribution in [0.4, 0.5) is 4.79 Å². The first-order chi connectivity index (χ1) is 10.5. The van der Waals surface area contributed by atoms with Crippen molar-refractivity contribution in [2.24, 2.45) is 0 Å². The van der Waals surface area contributed by atoms with Gasteiger partial charge >= 0.3 is 6.03 Å². The summed E-state index contributed by atoms with van der Waals surface area (Å²) in [6.45, 7) is 1.99. The summed E-state index contributed by atoms with van der Waals surface area (Å²) in [5.74, 6) is 0.300. The van der Waals surface area contributed by atoms with Gasteiger partial charge in [0.05, 0.1) is 30.3 Å². The smallest absolute Gasteiger partial charge is 0.317 e. The lowest BCUT2D eigenvalue weighted by Gasteiger charge is -2.44. The summed E-state index contributed by atoms with van der Waals surface area (Å²) in [6, 6.07) is 1.87. The fourth-order valence-corrected chi connectivity index (χ4v) is 5.15. The molecule has 1 aromatic rings. The largest absolute Gasteiger partial charge is 0.371 e. The van der Waals surface area contributed by atoms with Crippen molar-refractivity contribution in [1.29, 1.82) is 0 Å². The summed E-state index contributed by atoms with van der Waals surface area (Å²) in [5.41, 5.74) is 0.605. The average molecular weight is 344 g/mol. The van der Waals surface area contributed by atoms with Gasteiger partial charge < -0.3 is 15.0 Å². The number of nitrogens with zero attached hydrogens (tertiary/aromatic N) is 1.